The van der Waals surface area contributed by atoms with E-state index < -0.39 is 0 Å². The van der Waals surface area contributed by atoms with Crippen molar-refractivity contribution in [2.45, 2.75) is 39.0 Å². The summed E-state index contributed by atoms with van der Waals surface area (Å²) in [4.78, 5) is 4.14. The Morgan fingerprint density at radius 3 is 2.81 bits per heavy atom. The second-order valence-corrected chi connectivity index (χ2v) is 6.46. The van der Waals surface area contributed by atoms with Gasteiger partial charge in [-0.2, -0.15) is 0 Å². The van der Waals surface area contributed by atoms with Gasteiger partial charge in [-0.25, -0.2) is 0 Å². The van der Waals surface area contributed by atoms with Gasteiger partial charge in [0.1, 0.15) is 0 Å². The Balaban J connectivity index is 1.59. The van der Waals surface area contributed by atoms with Crippen LogP contribution < -0.4 is 11.1 Å². The highest BCUT2D eigenvalue weighted by molar-refractivity contribution is 5.98. The van der Waals surface area contributed by atoms with Gasteiger partial charge in [-0.15, -0.1) is 0 Å². The third-order valence-corrected chi connectivity index (χ3v) is 4.87. The van der Waals surface area contributed by atoms with Gasteiger partial charge in [-0.1, -0.05) is 38.7 Å². The Morgan fingerprint density at radius 2 is 2.00 bits per heavy atom. The first-order chi connectivity index (χ1) is 10.2. The molecule has 0 radical (unpaired) electrons. The van der Waals surface area contributed by atoms with E-state index in [2.05, 4.69) is 29.4 Å². The Labute approximate surface area is 127 Å². The summed E-state index contributed by atoms with van der Waals surface area (Å²) in [6.07, 6.45) is 10.5. The van der Waals surface area contributed by atoms with Crippen LogP contribution in [0, 0.1) is 11.8 Å². The van der Waals surface area contributed by atoms with Gasteiger partial charge in [0, 0.05) is 29.7 Å². The molecule has 0 bridgehead atoms. The number of nitrogen functional groups attached to an aromatic ring is 1. The molecule has 3 rings (SSSR count). The van der Waals surface area contributed by atoms with Gasteiger partial charge in [-0.05, 0) is 30.4 Å². The summed E-state index contributed by atoms with van der Waals surface area (Å²) in [6.45, 7) is 3.39. The number of nitrogens with two attached hydrogens (primary N) is 1. The molecule has 0 unspecified atom stereocenters. The smallest absolute Gasteiger partial charge is 0.0630 e. The third-order valence-electron chi connectivity index (χ3n) is 4.87. The molecule has 1 aromatic heterocycles. The molecular formula is C18H25N3. The SMILES string of the molecule is CC1CCC(CCNc2ccc3cnccc3c2N)CC1. The van der Waals surface area contributed by atoms with Gasteiger partial charge in [0.15, 0.2) is 0 Å². The van der Waals surface area contributed by atoms with Crippen LogP contribution in [0.25, 0.3) is 10.8 Å². The van der Waals surface area contributed by atoms with Crippen molar-refractivity contribution in [3.8, 4) is 0 Å². The van der Waals surface area contributed by atoms with E-state index in [9.17, 15) is 0 Å². The number of pyridine rings is 1. The van der Waals surface area contributed by atoms with Crippen LogP contribution >= 0.6 is 0 Å². The highest BCUT2D eigenvalue weighted by Gasteiger charge is 2.17. The van der Waals surface area contributed by atoms with Gasteiger partial charge in [0.05, 0.1) is 11.4 Å². The minimum Gasteiger partial charge on any atom is -0.397 e. The minimum absolute atomic E-state index is 0.840. The monoisotopic (exact) mass is 283 g/mol. The summed E-state index contributed by atoms with van der Waals surface area (Å²) in [5.74, 6) is 1.82. The number of hydrogen-bond donors (Lipinski definition) is 2. The molecule has 0 spiro atoms. The number of rotatable bonds is 4. The molecule has 112 valence electrons. The van der Waals surface area contributed by atoms with Crippen LogP contribution in [-0.4, -0.2) is 11.5 Å². The number of anilines is 2. The first-order valence-corrected chi connectivity index (χ1v) is 8.10. The molecule has 1 aliphatic carbocycles. The molecule has 1 aliphatic rings. The number of nitrogens with one attached hydrogen (secondary N) is 1. The third kappa shape index (κ3) is 3.29. The highest BCUT2D eigenvalue weighted by atomic mass is 14.9. The van der Waals surface area contributed by atoms with E-state index in [0.717, 1.165) is 40.5 Å². The Morgan fingerprint density at radius 1 is 1.19 bits per heavy atom. The molecule has 3 N–H and O–H groups in total. The lowest BCUT2D eigenvalue weighted by Gasteiger charge is -2.26. The fourth-order valence-electron chi connectivity index (χ4n) is 3.38. The lowest BCUT2D eigenvalue weighted by atomic mass is 9.81. The number of nitrogens with zero attached hydrogens (tertiary/aromatic N) is 1. The maximum Gasteiger partial charge on any atom is 0.0630 e. The van der Waals surface area contributed by atoms with Crippen LogP contribution in [0.15, 0.2) is 30.6 Å². The van der Waals surface area contributed by atoms with E-state index in [4.69, 9.17) is 5.73 Å². The normalized spacial score (nSPS) is 22.3. The van der Waals surface area contributed by atoms with Gasteiger partial charge in [-0.3, -0.25) is 4.98 Å². The van der Waals surface area contributed by atoms with Crippen molar-refractivity contribution in [2.75, 3.05) is 17.6 Å². The summed E-state index contributed by atoms with van der Waals surface area (Å²) in [5, 5.41) is 5.70. The molecule has 1 saturated carbocycles. The molecule has 1 heterocycles. The molecule has 0 atom stereocenters. The number of benzene rings is 1. The molecule has 2 aromatic rings. The molecule has 3 nitrogen and oxygen atoms in total. The predicted octanol–water partition coefficient (Wildman–Crippen LogP) is 4.45. The van der Waals surface area contributed by atoms with Gasteiger partial charge < -0.3 is 11.1 Å². The standard InChI is InChI=1S/C18H25N3/c1-13-2-4-14(5-3-13)8-11-21-17-7-6-15-12-20-10-9-16(15)18(17)19/h6-7,9-10,12-14,21H,2-5,8,11,19H2,1H3. The van der Waals surface area contributed by atoms with E-state index in [1.807, 2.05) is 12.3 Å². The zero-order valence-corrected chi connectivity index (χ0v) is 12.8. The average molecular weight is 283 g/mol. The maximum absolute atomic E-state index is 6.27. The van der Waals surface area contributed by atoms with Crippen molar-refractivity contribution in [3.05, 3.63) is 30.6 Å². The molecule has 0 amide bonds. The minimum atomic E-state index is 0.840. The summed E-state index contributed by atoms with van der Waals surface area (Å²) in [6, 6.07) is 6.14. The van der Waals surface area contributed by atoms with Crippen molar-refractivity contribution in [1.29, 1.82) is 0 Å². The Bertz CT molecular complexity index is 600. The number of aromatic nitrogens is 1. The molecule has 1 aromatic carbocycles. The maximum atomic E-state index is 6.27. The summed E-state index contributed by atoms with van der Waals surface area (Å²) in [7, 11) is 0. The average Bonchev–Trinajstić information content (AvgIpc) is 2.52. The van der Waals surface area contributed by atoms with Crippen LogP contribution in [0.1, 0.15) is 39.0 Å². The summed E-state index contributed by atoms with van der Waals surface area (Å²) in [5.41, 5.74) is 8.16. The Hall–Kier alpha value is -1.77. The lowest BCUT2D eigenvalue weighted by molar-refractivity contribution is 0.282. The first-order valence-electron chi connectivity index (χ1n) is 8.10. The van der Waals surface area contributed by atoms with Crippen LogP contribution in [0.4, 0.5) is 11.4 Å². The van der Waals surface area contributed by atoms with Gasteiger partial charge >= 0.3 is 0 Å². The predicted molar refractivity (Wildman–Crippen MR) is 90.4 cm³/mol. The van der Waals surface area contributed by atoms with E-state index in [1.165, 1.54) is 32.1 Å². The molecule has 1 fully saturated rings. The van der Waals surface area contributed by atoms with Crippen LogP contribution in [-0.2, 0) is 0 Å². The quantitative estimate of drug-likeness (QED) is 0.815. The highest BCUT2D eigenvalue weighted by Crippen LogP contribution is 2.31. The number of hydrogen-bond acceptors (Lipinski definition) is 3. The zero-order chi connectivity index (χ0) is 14.7. The topological polar surface area (TPSA) is 50.9 Å². The van der Waals surface area contributed by atoms with E-state index in [0.29, 0.717) is 0 Å². The number of fused-ring (bicyclic) bond motifs is 1. The first kappa shape index (κ1) is 14.2. The van der Waals surface area contributed by atoms with Crippen molar-refractivity contribution in [2.24, 2.45) is 11.8 Å². The Kier molecular flexibility index (Phi) is 4.28. The van der Waals surface area contributed by atoms with Crippen molar-refractivity contribution < 1.29 is 0 Å². The summed E-state index contributed by atoms with van der Waals surface area (Å²) < 4.78 is 0. The second-order valence-electron chi connectivity index (χ2n) is 6.46. The van der Waals surface area contributed by atoms with Gasteiger partial charge in [0.25, 0.3) is 0 Å². The van der Waals surface area contributed by atoms with Crippen molar-refractivity contribution in [1.82, 2.24) is 4.98 Å². The zero-order valence-electron chi connectivity index (χ0n) is 12.8. The van der Waals surface area contributed by atoms with E-state index in [1.54, 1.807) is 6.20 Å². The fraction of sp³-hybridized carbons (Fsp3) is 0.500. The molecule has 3 heteroatoms. The van der Waals surface area contributed by atoms with Crippen molar-refractivity contribution >= 4 is 22.1 Å². The molecule has 0 aliphatic heterocycles. The lowest BCUT2D eigenvalue weighted by Crippen LogP contribution is -2.16. The molecular weight excluding hydrogens is 258 g/mol. The fourth-order valence-corrected chi connectivity index (χ4v) is 3.38. The van der Waals surface area contributed by atoms with E-state index in [-0.39, 0.29) is 0 Å². The van der Waals surface area contributed by atoms with Crippen LogP contribution in [0.5, 0.6) is 0 Å². The van der Waals surface area contributed by atoms with Gasteiger partial charge in [0.2, 0.25) is 0 Å². The molecule has 21 heavy (non-hydrogen) atoms. The van der Waals surface area contributed by atoms with Crippen LogP contribution in [0.3, 0.4) is 0 Å². The largest absolute Gasteiger partial charge is 0.397 e. The molecule has 0 saturated heterocycles. The van der Waals surface area contributed by atoms with Crippen LogP contribution in [0.2, 0.25) is 0 Å². The summed E-state index contributed by atoms with van der Waals surface area (Å²) >= 11 is 0. The second kappa shape index (κ2) is 6.33. The van der Waals surface area contributed by atoms with Crippen molar-refractivity contribution in [3.63, 3.8) is 0 Å². The van der Waals surface area contributed by atoms with E-state index >= 15 is 0 Å².